The van der Waals surface area contributed by atoms with Gasteiger partial charge in [-0.2, -0.15) is 5.10 Å². The van der Waals surface area contributed by atoms with Gasteiger partial charge in [0.2, 0.25) is 0 Å². The van der Waals surface area contributed by atoms with E-state index in [1.807, 2.05) is 0 Å². The van der Waals surface area contributed by atoms with Crippen molar-refractivity contribution in [3.63, 3.8) is 0 Å². The maximum Gasteiger partial charge on any atom is 0.199 e. The van der Waals surface area contributed by atoms with E-state index in [0.29, 0.717) is 10.6 Å². The second-order valence-electron chi connectivity index (χ2n) is 3.43. The Morgan fingerprint density at radius 2 is 2.21 bits per heavy atom. The lowest BCUT2D eigenvalue weighted by atomic mass is 10.2. The fourth-order valence-electron chi connectivity index (χ4n) is 1.20. The van der Waals surface area contributed by atoms with Crippen molar-refractivity contribution in [1.82, 2.24) is 10.3 Å². The molecule has 8 nitrogen and oxygen atoms in total. The first-order valence-corrected chi connectivity index (χ1v) is 5.39. The SMILES string of the molecule is NC(=N/N=C/c1cc(Cl)ccc1O)c1nonc1N. The van der Waals surface area contributed by atoms with Crippen molar-refractivity contribution in [3.05, 3.63) is 34.5 Å². The summed E-state index contributed by atoms with van der Waals surface area (Å²) >= 11 is 5.78. The average molecular weight is 281 g/mol. The normalized spacial score (nSPS) is 12.2. The Kier molecular flexibility index (Phi) is 3.62. The molecule has 0 unspecified atom stereocenters. The van der Waals surface area contributed by atoms with E-state index in [9.17, 15) is 5.11 Å². The average Bonchev–Trinajstić information content (AvgIpc) is 2.80. The van der Waals surface area contributed by atoms with Gasteiger partial charge >= 0.3 is 0 Å². The molecule has 2 rings (SSSR count). The minimum Gasteiger partial charge on any atom is -0.507 e. The summed E-state index contributed by atoms with van der Waals surface area (Å²) in [6.07, 6.45) is 1.29. The fourth-order valence-corrected chi connectivity index (χ4v) is 1.38. The van der Waals surface area contributed by atoms with Crippen LogP contribution in [0, 0.1) is 0 Å². The summed E-state index contributed by atoms with van der Waals surface area (Å²) in [5, 5.41) is 24.2. The van der Waals surface area contributed by atoms with Gasteiger partial charge in [-0.15, -0.1) is 5.10 Å². The number of anilines is 1. The molecule has 0 radical (unpaired) electrons. The van der Waals surface area contributed by atoms with Crippen LogP contribution in [0.5, 0.6) is 5.75 Å². The highest BCUT2D eigenvalue weighted by Gasteiger charge is 2.09. The standard InChI is InChI=1S/C10H9ClN6O2/c11-6-1-2-7(18)5(3-6)4-14-15-9(12)8-10(13)17-19-16-8/h1-4,18H,(H2,12,15)(H2,13,17)/b14-4+. The molecule has 0 fully saturated rings. The van der Waals surface area contributed by atoms with Crippen LogP contribution in [-0.4, -0.2) is 27.5 Å². The van der Waals surface area contributed by atoms with Crippen molar-refractivity contribution in [2.75, 3.05) is 5.73 Å². The number of hydrogen-bond acceptors (Lipinski definition) is 7. The largest absolute Gasteiger partial charge is 0.507 e. The van der Waals surface area contributed by atoms with Crippen LogP contribution < -0.4 is 11.5 Å². The number of nitrogens with two attached hydrogens (primary N) is 2. The number of phenols is 1. The monoisotopic (exact) mass is 280 g/mol. The van der Waals surface area contributed by atoms with Gasteiger partial charge in [0.05, 0.1) is 6.21 Å². The lowest BCUT2D eigenvalue weighted by Gasteiger charge is -1.97. The summed E-state index contributed by atoms with van der Waals surface area (Å²) in [4.78, 5) is 0. The van der Waals surface area contributed by atoms with Gasteiger partial charge in [-0.3, -0.25) is 0 Å². The molecule has 1 aromatic heterocycles. The van der Waals surface area contributed by atoms with Crippen LogP contribution >= 0.6 is 11.6 Å². The van der Waals surface area contributed by atoms with E-state index < -0.39 is 0 Å². The minimum atomic E-state index is -0.0588. The maximum absolute atomic E-state index is 9.54. The summed E-state index contributed by atoms with van der Waals surface area (Å²) in [5.41, 5.74) is 11.5. The molecule has 98 valence electrons. The lowest BCUT2D eigenvalue weighted by Crippen LogP contribution is -2.15. The van der Waals surface area contributed by atoms with E-state index in [2.05, 4.69) is 25.1 Å². The van der Waals surface area contributed by atoms with Crippen LogP contribution in [-0.2, 0) is 0 Å². The molecule has 0 spiro atoms. The van der Waals surface area contributed by atoms with Crippen LogP contribution in [0.4, 0.5) is 5.82 Å². The van der Waals surface area contributed by atoms with E-state index in [4.69, 9.17) is 23.1 Å². The number of nitrogen functional groups attached to an aromatic ring is 1. The van der Waals surface area contributed by atoms with E-state index in [0.717, 1.165) is 0 Å². The molecule has 0 aliphatic carbocycles. The Morgan fingerprint density at radius 3 is 2.89 bits per heavy atom. The first-order valence-electron chi connectivity index (χ1n) is 5.01. The Hall–Kier alpha value is -2.61. The van der Waals surface area contributed by atoms with Crippen molar-refractivity contribution in [2.45, 2.75) is 0 Å². The van der Waals surface area contributed by atoms with E-state index in [1.54, 1.807) is 6.07 Å². The third-order valence-electron chi connectivity index (χ3n) is 2.11. The zero-order valence-corrected chi connectivity index (χ0v) is 10.2. The molecule has 5 N–H and O–H groups in total. The minimum absolute atomic E-state index is 0.0158. The van der Waals surface area contributed by atoms with Gasteiger partial charge in [-0.05, 0) is 28.5 Å². The number of rotatable bonds is 3. The zero-order chi connectivity index (χ0) is 13.8. The van der Waals surface area contributed by atoms with Crippen molar-refractivity contribution >= 4 is 29.5 Å². The van der Waals surface area contributed by atoms with E-state index in [-0.39, 0.29) is 23.1 Å². The number of amidine groups is 1. The Bertz CT molecular complexity index is 651. The molecule has 0 bridgehead atoms. The Labute approximate surface area is 112 Å². The molecular formula is C10H9ClN6O2. The lowest BCUT2D eigenvalue weighted by molar-refractivity contribution is 0.308. The molecule has 2 aromatic rings. The highest BCUT2D eigenvalue weighted by atomic mass is 35.5. The molecule has 0 aliphatic rings. The van der Waals surface area contributed by atoms with Crippen molar-refractivity contribution in [3.8, 4) is 5.75 Å². The molecule has 1 aromatic carbocycles. The third kappa shape index (κ3) is 2.99. The van der Waals surface area contributed by atoms with Gasteiger partial charge in [0.1, 0.15) is 5.75 Å². The Morgan fingerprint density at radius 1 is 1.42 bits per heavy atom. The number of halogens is 1. The summed E-state index contributed by atoms with van der Waals surface area (Å²) in [6, 6.07) is 4.52. The summed E-state index contributed by atoms with van der Waals surface area (Å²) in [5.74, 6) is -0.0249. The summed E-state index contributed by atoms with van der Waals surface area (Å²) in [7, 11) is 0. The smallest absolute Gasteiger partial charge is 0.199 e. The van der Waals surface area contributed by atoms with E-state index >= 15 is 0 Å². The maximum atomic E-state index is 9.54. The van der Waals surface area contributed by atoms with Crippen molar-refractivity contribution in [2.24, 2.45) is 15.9 Å². The second kappa shape index (κ2) is 5.36. The zero-order valence-electron chi connectivity index (χ0n) is 9.49. The molecule has 19 heavy (non-hydrogen) atoms. The van der Waals surface area contributed by atoms with Crippen LogP contribution in [0.15, 0.2) is 33.0 Å². The predicted molar refractivity (Wildman–Crippen MR) is 70.1 cm³/mol. The third-order valence-corrected chi connectivity index (χ3v) is 2.34. The van der Waals surface area contributed by atoms with Crippen LogP contribution in [0.3, 0.4) is 0 Å². The number of aromatic hydroxyl groups is 1. The first kappa shape index (κ1) is 12.8. The Balaban J connectivity index is 2.20. The summed E-state index contributed by atoms with van der Waals surface area (Å²) in [6.45, 7) is 0. The number of phenolic OH excluding ortho intramolecular Hbond substituents is 1. The van der Waals surface area contributed by atoms with Crippen LogP contribution in [0.1, 0.15) is 11.3 Å². The molecule has 0 saturated carbocycles. The predicted octanol–water partition coefficient (Wildman–Crippen LogP) is 0.750. The van der Waals surface area contributed by atoms with Gasteiger partial charge in [0.25, 0.3) is 0 Å². The number of hydrogen-bond donors (Lipinski definition) is 3. The summed E-state index contributed by atoms with van der Waals surface area (Å²) < 4.78 is 4.37. The highest BCUT2D eigenvalue weighted by molar-refractivity contribution is 6.30. The molecule has 1 heterocycles. The highest BCUT2D eigenvalue weighted by Crippen LogP contribution is 2.19. The molecular weight excluding hydrogens is 272 g/mol. The molecule has 0 atom stereocenters. The fraction of sp³-hybridized carbons (Fsp3) is 0. The second-order valence-corrected chi connectivity index (χ2v) is 3.87. The van der Waals surface area contributed by atoms with Gasteiger partial charge in [-0.25, -0.2) is 4.63 Å². The van der Waals surface area contributed by atoms with Gasteiger partial charge in [0.15, 0.2) is 17.3 Å². The number of aromatic nitrogens is 2. The molecule has 0 saturated heterocycles. The quantitative estimate of drug-likeness (QED) is 0.431. The molecule has 0 aliphatic heterocycles. The number of nitrogens with zero attached hydrogens (tertiary/aromatic N) is 4. The topological polar surface area (TPSA) is 136 Å². The van der Waals surface area contributed by atoms with Gasteiger partial charge < -0.3 is 16.6 Å². The van der Waals surface area contributed by atoms with Crippen LogP contribution in [0.25, 0.3) is 0 Å². The van der Waals surface area contributed by atoms with Gasteiger partial charge in [0, 0.05) is 10.6 Å². The molecule has 9 heteroatoms. The molecule has 0 amide bonds. The van der Waals surface area contributed by atoms with Crippen LogP contribution in [0.2, 0.25) is 5.02 Å². The van der Waals surface area contributed by atoms with Crippen molar-refractivity contribution < 1.29 is 9.74 Å². The van der Waals surface area contributed by atoms with Gasteiger partial charge in [-0.1, -0.05) is 11.6 Å². The number of benzene rings is 1. The van der Waals surface area contributed by atoms with E-state index in [1.165, 1.54) is 18.3 Å². The van der Waals surface area contributed by atoms with Crippen molar-refractivity contribution in [1.29, 1.82) is 0 Å². The first-order chi connectivity index (χ1) is 9.08.